The first kappa shape index (κ1) is 19.2. The highest BCUT2D eigenvalue weighted by Gasteiger charge is 2.28. The number of rotatable bonds is 8. The van der Waals surface area contributed by atoms with E-state index in [1.165, 1.54) is 0 Å². The van der Waals surface area contributed by atoms with Crippen LogP contribution in [0, 0.1) is 0 Å². The minimum absolute atomic E-state index is 0.0904. The maximum absolute atomic E-state index is 12.7. The van der Waals surface area contributed by atoms with E-state index in [-0.39, 0.29) is 11.8 Å². The second kappa shape index (κ2) is 9.93. The van der Waals surface area contributed by atoms with Crippen LogP contribution >= 0.6 is 0 Å². The van der Waals surface area contributed by atoms with Gasteiger partial charge in [-0.05, 0) is 30.2 Å². The topological polar surface area (TPSA) is 47.6 Å². The molecule has 1 N–H and O–H groups in total. The lowest BCUT2D eigenvalue weighted by Crippen LogP contribution is -2.29. The van der Waals surface area contributed by atoms with E-state index in [1.807, 2.05) is 54.6 Å². The van der Waals surface area contributed by atoms with Gasteiger partial charge in [0.05, 0.1) is 6.61 Å². The molecule has 0 radical (unpaired) electrons. The molecule has 3 rings (SSSR count). The molecule has 1 aliphatic heterocycles. The largest absolute Gasteiger partial charge is 0.459 e. The number of carbonyl (C=O) groups is 1. The van der Waals surface area contributed by atoms with Gasteiger partial charge in [-0.25, -0.2) is 0 Å². The normalized spacial score (nSPS) is 19.1. The number of ether oxygens (including phenoxy) is 2. The average Bonchev–Trinajstić information content (AvgIpc) is 2.72. The number of hydrogen-bond donors (Lipinski definition) is 1. The van der Waals surface area contributed by atoms with Crippen molar-refractivity contribution < 1.29 is 14.3 Å². The fourth-order valence-corrected chi connectivity index (χ4v) is 3.13. The molecule has 0 spiro atoms. The molecule has 4 heteroatoms. The summed E-state index contributed by atoms with van der Waals surface area (Å²) in [5.41, 5.74) is 1.90. The van der Waals surface area contributed by atoms with Gasteiger partial charge in [0.15, 0.2) is 5.76 Å². The molecule has 0 unspecified atom stereocenters. The zero-order valence-corrected chi connectivity index (χ0v) is 15.8. The van der Waals surface area contributed by atoms with Crippen molar-refractivity contribution in [2.24, 2.45) is 0 Å². The van der Waals surface area contributed by atoms with Crippen molar-refractivity contribution in [2.45, 2.75) is 44.8 Å². The first-order chi connectivity index (χ1) is 13.3. The Morgan fingerprint density at radius 2 is 1.78 bits per heavy atom. The molecule has 1 amide bonds. The van der Waals surface area contributed by atoms with Gasteiger partial charge in [0.1, 0.15) is 0 Å². The maximum atomic E-state index is 12.7. The van der Waals surface area contributed by atoms with Crippen molar-refractivity contribution >= 4 is 11.6 Å². The second-order valence-electron chi connectivity index (χ2n) is 6.73. The van der Waals surface area contributed by atoms with Gasteiger partial charge in [0, 0.05) is 18.0 Å². The Balaban J connectivity index is 1.72. The fourth-order valence-electron chi connectivity index (χ4n) is 3.13. The summed E-state index contributed by atoms with van der Waals surface area (Å²) in [4.78, 5) is 12.7. The first-order valence-corrected chi connectivity index (χ1v) is 9.67. The number of anilines is 1. The molecule has 2 aromatic carbocycles. The van der Waals surface area contributed by atoms with Crippen LogP contribution in [0.2, 0.25) is 0 Å². The number of unbranched alkanes of at least 4 members (excludes halogenated alkanes) is 2. The number of allylic oxidation sites excluding steroid dienone is 1. The molecule has 1 heterocycles. The Morgan fingerprint density at radius 3 is 2.48 bits per heavy atom. The summed E-state index contributed by atoms with van der Waals surface area (Å²) in [6.07, 6.45) is 5.48. The van der Waals surface area contributed by atoms with E-state index in [9.17, 15) is 4.79 Å². The van der Waals surface area contributed by atoms with Crippen LogP contribution in [0.4, 0.5) is 5.69 Å². The number of benzene rings is 2. The van der Waals surface area contributed by atoms with Crippen LogP contribution in [0.15, 0.2) is 72.5 Å². The third-order valence-corrected chi connectivity index (χ3v) is 4.59. The number of carbonyl (C=O) groups excluding carboxylic acids is 1. The lowest BCUT2D eigenvalue weighted by atomic mass is 9.93. The summed E-state index contributed by atoms with van der Waals surface area (Å²) in [5, 5.41) is 2.89. The highest BCUT2D eigenvalue weighted by atomic mass is 16.7. The monoisotopic (exact) mass is 365 g/mol. The van der Waals surface area contributed by atoms with Crippen molar-refractivity contribution in [1.82, 2.24) is 0 Å². The van der Waals surface area contributed by atoms with Gasteiger partial charge in [0.2, 0.25) is 6.29 Å². The van der Waals surface area contributed by atoms with E-state index >= 15 is 0 Å². The Morgan fingerprint density at radius 1 is 1.07 bits per heavy atom. The molecule has 0 aliphatic carbocycles. The highest BCUT2D eigenvalue weighted by molar-refractivity contribution is 6.02. The molecule has 2 aromatic rings. The van der Waals surface area contributed by atoms with Gasteiger partial charge in [-0.15, -0.1) is 0 Å². The van der Waals surface area contributed by atoms with Gasteiger partial charge in [-0.3, -0.25) is 4.79 Å². The zero-order valence-electron chi connectivity index (χ0n) is 15.8. The molecule has 4 nitrogen and oxygen atoms in total. The molecular formula is C23H27NO3. The Hall–Kier alpha value is -2.59. The molecule has 27 heavy (non-hydrogen) atoms. The van der Waals surface area contributed by atoms with E-state index in [2.05, 4.69) is 24.4 Å². The third-order valence-electron chi connectivity index (χ3n) is 4.59. The number of amides is 1. The lowest BCUT2D eigenvalue weighted by molar-refractivity contribution is -0.143. The van der Waals surface area contributed by atoms with Crippen LogP contribution in [-0.4, -0.2) is 18.8 Å². The van der Waals surface area contributed by atoms with Gasteiger partial charge >= 0.3 is 0 Å². The third kappa shape index (κ3) is 5.69. The molecule has 0 saturated carbocycles. The van der Waals surface area contributed by atoms with Gasteiger partial charge in [-0.2, -0.15) is 0 Å². The first-order valence-electron chi connectivity index (χ1n) is 9.67. The summed E-state index contributed by atoms with van der Waals surface area (Å²) in [6.45, 7) is 2.81. The molecule has 2 atom stereocenters. The average molecular weight is 365 g/mol. The summed E-state index contributed by atoms with van der Waals surface area (Å²) >= 11 is 0. The number of nitrogens with one attached hydrogen (secondary N) is 1. The van der Waals surface area contributed by atoms with Crippen LogP contribution in [0.25, 0.3) is 0 Å². The second-order valence-corrected chi connectivity index (χ2v) is 6.73. The summed E-state index contributed by atoms with van der Waals surface area (Å²) in [6, 6.07) is 19.6. The number of para-hydroxylation sites is 1. The van der Waals surface area contributed by atoms with E-state index in [1.54, 1.807) is 0 Å². The van der Waals surface area contributed by atoms with E-state index in [0.717, 1.165) is 30.5 Å². The van der Waals surface area contributed by atoms with Gasteiger partial charge in [0.25, 0.3) is 5.91 Å². The van der Waals surface area contributed by atoms with Crippen LogP contribution in [0.3, 0.4) is 0 Å². The zero-order chi connectivity index (χ0) is 18.9. The van der Waals surface area contributed by atoms with Gasteiger partial charge < -0.3 is 14.8 Å². The molecule has 0 saturated heterocycles. The van der Waals surface area contributed by atoms with Crippen molar-refractivity contribution in [1.29, 1.82) is 0 Å². The summed E-state index contributed by atoms with van der Waals surface area (Å²) < 4.78 is 11.8. The molecule has 0 bridgehead atoms. The predicted molar refractivity (Wildman–Crippen MR) is 107 cm³/mol. The summed E-state index contributed by atoms with van der Waals surface area (Å²) in [5.74, 6) is 0.163. The van der Waals surface area contributed by atoms with Crippen molar-refractivity contribution in [3.8, 4) is 0 Å². The fraction of sp³-hybridized carbons (Fsp3) is 0.348. The maximum Gasteiger partial charge on any atom is 0.290 e. The predicted octanol–water partition coefficient (Wildman–Crippen LogP) is 5.25. The minimum Gasteiger partial charge on any atom is -0.459 e. The van der Waals surface area contributed by atoms with Crippen molar-refractivity contribution in [3.63, 3.8) is 0 Å². The van der Waals surface area contributed by atoms with Crippen LogP contribution in [-0.2, 0) is 14.3 Å². The van der Waals surface area contributed by atoms with Gasteiger partial charge in [-0.1, -0.05) is 68.3 Å². The number of hydrogen-bond acceptors (Lipinski definition) is 3. The van der Waals surface area contributed by atoms with E-state index < -0.39 is 6.29 Å². The Labute approximate surface area is 161 Å². The van der Waals surface area contributed by atoms with Crippen LogP contribution in [0.5, 0.6) is 0 Å². The highest BCUT2D eigenvalue weighted by Crippen LogP contribution is 2.31. The molecule has 1 aliphatic rings. The standard InChI is InChI=1S/C23H27NO3/c1-2-3-10-15-26-22-17-19(18-11-6-4-7-12-18)16-21(27-22)23(25)24-20-13-8-5-9-14-20/h4-9,11-14,16,19,22H,2-3,10,15,17H2,1H3,(H,24,25)/t19-,22+/m1/s1. The van der Waals surface area contributed by atoms with E-state index in [0.29, 0.717) is 18.8 Å². The smallest absolute Gasteiger partial charge is 0.290 e. The molecular weight excluding hydrogens is 338 g/mol. The Kier molecular flexibility index (Phi) is 7.05. The van der Waals surface area contributed by atoms with Crippen molar-refractivity contribution in [3.05, 3.63) is 78.1 Å². The minimum atomic E-state index is -0.409. The summed E-state index contributed by atoms with van der Waals surface area (Å²) in [7, 11) is 0. The molecule has 142 valence electrons. The van der Waals surface area contributed by atoms with Crippen LogP contribution < -0.4 is 5.32 Å². The Bertz CT molecular complexity index is 743. The molecule has 0 fully saturated rings. The molecule has 0 aromatic heterocycles. The van der Waals surface area contributed by atoms with Crippen LogP contribution in [0.1, 0.15) is 44.1 Å². The van der Waals surface area contributed by atoms with Crippen molar-refractivity contribution in [2.75, 3.05) is 11.9 Å². The quantitative estimate of drug-likeness (QED) is 0.650. The van der Waals surface area contributed by atoms with E-state index in [4.69, 9.17) is 9.47 Å². The SMILES string of the molecule is CCCCCO[C@@H]1C[C@H](c2ccccc2)C=C(C(=O)Nc2ccccc2)O1. The lowest BCUT2D eigenvalue weighted by Gasteiger charge is -2.29.